The van der Waals surface area contributed by atoms with E-state index in [1.54, 1.807) is 48.7 Å². The highest BCUT2D eigenvalue weighted by Crippen LogP contribution is 2.32. The van der Waals surface area contributed by atoms with Crippen molar-refractivity contribution in [3.8, 4) is 23.0 Å². The van der Waals surface area contributed by atoms with Crippen LogP contribution in [0.15, 0.2) is 88.3 Å². The summed E-state index contributed by atoms with van der Waals surface area (Å²) in [6.07, 6.45) is 1.73. The lowest BCUT2D eigenvalue weighted by Gasteiger charge is -2.10. The van der Waals surface area contributed by atoms with E-state index in [1.807, 2.05) is 43.3 Å². The number of rotatable bonds is 6. The fourth-order valence-electron chi connectivity index (χ4n) is 3.68. The van der Waals surface area contributed by atoms with Crippen LogP contribution >= 0.6 is 34.2 Å². The molecule has 1 heterocycles. The van der Waals surface area contributed by atoms with Crippen LogP contribution in [0.5, 0.6) is 11.5 Å². The minimum atomic E-state index is -0.446. The summed E-state index contributed by atoms with van der Waals surface area (Å²) in [5.41, 5.74) is 5.21. The normalized spacial score (nSPS) is 11.2. The number of aromatic nitrogens is 1. The molecule has 5 aromatic rings. The van der Waals surface area contributed by atoms with Crippen LogP contribution in [0.2, 0.25) is 5.02 Å². The predicted molar refractivity (Wildman–Crippen MR) is 154 cm³/mol. The van der Waals surface area contributed by atoms with E-state index in [9.17, 15) is 4.79 Å². The number of aryl methyl sites for hydroxylation is 1. The summed E-state index contributed by atoms with van der Waals surface area (Å²) in [6.45, 7) is 1.98. The van der Waals surface area contributed by atoms with Gasteiger partial charge in [0.05, 0.1) is 18.4 Å². The Kier molecular flexibility index (Phi) is 7.25. The molecule has 0 aliphatic rings. The van der Waals surface area contributed by atoms with Crippen LogP contribution in [-0.2, 0) is 0 Å². The minimum absolute atomic E-state index is 0.332. The zero-order chi connectivity index (χ0) is 25.9. The van der Waals surface area contributed by atoms with Gasteiger partial charge in [-0.25, -0.2) is 9.78 Å². The van der Waals surface area contributed by atoms with Gasteiger partial charge in [-0.3, -0.25) is 4.99 Å². The number of ether oxygens (including phenoxy) is 2. The molecule has 0 saturated carbocycles. The Morgan fingerprint density at radius 1 is 1.03 bits per heavy atom. The van der Waals surface area contributed by atoms with Gasteiger partial charge in [0.25, 0.3) is 0 Å². The molecule has 0 bridgehead atoms. The molecule has 8 heteroatoms. The van der Waals surface area contributed by atoms with Crippen LogP contribution in [0.3, 0.4) is 0 Å². The van der Waals surface area contributed by atoms with Crippen molar-refractivity contribution in [3.05, 3.63) is 104 Å². The van der Waals surface area contributed by atoms with Crippen molar-refractivity contribution in [1.82, 2.24) is 4.98 Å². The molecule has 0 aliphatic heterocycles. The summed E-state index contributed by atoms with van der Waals surface area (Å²) < 4.78 is 17.8. The monoisotopic (exact) mass is 622 g/mol. The van der Waals surface area contributed by atoms with Crippen molar-refractivity contribution < 1.29 is 18.7 Å². The van der Waals surface area contributed by atoms with E-state index in [0.29, 0.717) is 39.1 Å². The molecular weight excluding hydrogens is 603 g/mol. The van der Waals surface area contributed by atoms with Crippen LogP contribution < -0.4 is 9.47 Å². The molecular formula is C29H20ClIN2O4. The van der Waals surface area contributed by atoms with Gasteiger partial charge in [-0.15, -0.1) is 0 Å². The first kappa shape index (κ1) is 25.0. The molecule has 1 aromatic heterocycles. The number of aliphatic imine (C=N–C) groups is 1. The number of methoxy groups -OCH3 is 1. The van der Waals surface area contributed by atoms with Crippen molar-refractivity contribution in [2.75, 3.05) is 7.11 Å². The average Bonchev–Trinajstić information content (AvgIpc) is 3.32. The maximum Gasteiger partial charge on any atom is 0.344 e. The third kappa shape index (κ3) is 5.52. The molecule has 4 aromatic carbocycles. The largest absolute Gasteiger partial charge is 0.493 e. The molecule has 37 heavy (non-hydrogen) atoms. The van der Waals surface area contributed by atoms with Gasteiger partial charge in [0.2, 0.25) is 5.89 Å². The molecule has 184 valence electrons. The van der Waals surface area contributed by atoms with Crippen molar-refractivity contribution in [3.63, 3.8) is 0 Å². The van der Waals surface area contributed by atoms with Gasteiger partial charge in [0.1, 0.15) is 5.52 Å². The molecule has 0 aliphatic carbocycles. The van der Waals surface area contributed by atoms with E-state index in [1.165, 1.54) is 7.11 Å². The second kappa shape index (κ2) is 10.7. The Labute approximate surface area is 232 Å². The quantitative estimate of drug-likeness (QED) is 0.0830. The van der Waals surface area contributed by atoms with Gasteiger partial charge in [0.15, 0.2) is 17.1 Å². The summed E-state index contributed by atoms with van der Waals surface area (Å²) in [7, 11) is 1.53. The summed E-state index contributed by atoms with van der Waals surface area (Å²) in [5, 5.41) is 0.604. The summed E-state index contributed by atoms with van der Waals surface area (Å²) >= 11 is 8.18. The van der Waals surface area contributed by atoms with E-state index >= 15 is 0 Å². The topological polar surface area (TPSA) is 73.9 Å². The Hall–Kier alpha value is -3.69. The Morgan fingerprint density at radius 2 is 1.86 bits per heavy atom. The number of hydrogen-bond acceptors (Lipinski definition) is 6. The van der Waals surface area contributed by atoms with Gasteiger partial charge in [-0.05, 0) is 101 Å². The molecule has 0 unspecified atom stereocenters. The maximum atomic E-state index is 12.6. The maximum absolute atomic E-state index is 12.6. The predicted octanol–water partition coefficient (Wildman–Crippen LogP) is 8.04. The lowest BCUT2D eigenvalue weighted by Crippen LogP contribution is -2.11. The molecule has 0 N–H and O–H groups in total. The fourth-order valence-corrected chi connectivity index (χ4v) is 4.45. The Balaban J connectivity index is 1.38. The Bertz CT molecular complexity index is 1660. The number of carbonyl (C=O) groups is 1. The van der Waals surface area contributed by atoms with E-state index in [2.05, 4.69) is 32.6 Å². The first-order chi connectivity index (χ1) is 17.9. The first-order valence-electron chi connectivity index (χ1n) is 11.3. The zero-order valence-corrected chi connectivity index (χ0v) is 22.8. The second-order valence-electron chi connectivity index (χ2n) is 8.17. The molecule has 0 amide bonds. The summed E-state index contributed by atoms with van der Waals surface area (Å²) in [5.74, 6) is 0.811. The van der Waals surface area contributed by atoms with Gasteiger partial charge < -0.3 is 13.9 Å². The second-order valence-corrected chi connectivity index (χ2v) is 9.77. The van der Waals surface area contributed by atoms with Crippen molar-refractivity contribution in [2.24, 2.45) is 4.99 Å². The minimum Gasteiger partial charge on any atom is -0.493 e. The van der Waals surface area contributed by atoms with Gasteiger partial charge in [-0.1, -0.05) is 29.8 Å². The van der Waals surface area contributed by atoms with Gasteiger partial charge in [-0.2, -0.15) is 0 Å². The average molecular weight is 623 g/mol. The molecule has 0 spiro atoms. The van der Waals surface area contributed by atoms with Crippen molar-refractivity contribution in [2.45, 2.75) is 6.92 Å². The van der Waals surface area contributed by atoms with E-state index < -0.39 is 5.97 Å². The highest BCUT2D eigenvalue weighted by atomic mass is 127. The lowest BCUT2D eigenvalue weighted by molar-refractivity contribution is 0.0728. The zero-order valence-electron chi connectivity index (χ0n) is 19.9. The van der Waals surface area contributed by atoms with Gasteiger partial charge >= 0.3 is 5.97 Å². The Morgan fingerprint density at radius 3 is 2.68 bits per heavy atom. The van der Waals surface area contributed by atoms with Crippen molar-refractivity contribution >= 4 is 63.2 Å². The number of esters is 1. The third-order valence-electron chi connectivity index (χ3n) is 5.64. The van der Waals surface area contributed by atoms with Crippen LogP contribution in [0, 0.1) is 10.5 Å². The van der Waals surface area contributed by atoms with E-state index in [0.717, 1.165) is 25.9 Å². The molecule has 0 radical (unpaired) electrons. The number of nitrogens with zero attached hydrogens (tertiary/aromatic N) is 2. The third-order valence-corrected chi connectivity index (χ3v) is 6.82. The highest BCUT2D eigenvalue weighted by molar-refractivity contribution is 14.1. The number of carbonyl (C=O) groups excluding carboxylic acids is 1. The van der Waals surface area contributed by atoms with Crippen molar-refractivity contribution in [1.29, 1.82) is 0 Å². The molecule has 0 saturated heterocycles. The lowest BCUT2D eigenvalue weighted by atomic mass is 10.1. The number of hydrogen-bond donors (Lipinski definition) is 0. The number of oxazole rings is 1. The molecule has 5 rings (SSSR count). The molecule has 0 atom stereocenters. The SMILES string of the molecule is COc1cc(C=Nc2cc(-c3nc4cc(Cl)ccc4o3)ccc2C)ccc1OC(=O)c1ccccc1I. The molecule has 6 nitrogen and oxygen atoms in total. The fraction of sp³-hybridized carbons (Fsp3) is 0.0690. The number of halogens is 2. The van der Waals surface area contributed by atoms with Gasteiger partial charge in [0, 0.05) is 20.4 Å². The summed E-state index contributed by atoms with van der Waals surface area (Å²) in [6, 6.07) is 23.7. The van der Waals surface area contributed by atoms with Crippen LogP contribution in [-0.4, -0.2) is 24.3 Å². The number of benzene rings is 4. The van der Waals surface area contributed by atoms with Crippen LogP contribution in [0.4, 0.5) is 5.69 Å². The van der Waals surface area contributed by atoms with Crippen LogP contribution in [0.1, 0.15) is 21.5 Å². The van der Waals surface area contributed by atoms with E-state index in [4.69, 9.17) is 25.5 Å². The number of fused-ring (bicyclic) bond motifs is 1. The standard InChI is InChI=1S/C29H20ClIN2O4/c1-17-7-9-19(28-33-24-15-20(30)10-12-25(24)36-28)14-23(17)32-16-18-8-11-26(27(13-18)35-2)37-29(34)21-5-3-4-6-22(21)31/h3-16H,1-2H3. The highest BCUT2D eigenvalue weighted by Gasteiger charge is 2.15. The summed E-state index contributed by atoms with van der Waals surface area (Å²) in [4.78, 5) is 21.9. The van der Waals surface area contributed by atoms with E-state index in [-0.39, 0.29) is 0 Å². The van der Waals surface area contributed by atoms with Crippen LogP contribution in [0.25, 0.3) is 22.6 Å². The molecule has 0 fully saturated rings. The smallest absolute Gasteiger partial charge is 0.344 e. The first-order valence-corrected chi connectivity index (χ1v) is 12.7.